The molecular weight excluding hydrogens is 234 g/mol. The minimum Gasteiger partial charge on any atom is -0.391 e. The molecule has 2 nitrogen and oxygen atoms in total. The van der Waals surface area contributed by atoms with Gasteiger partial charge in [-0.25, -0.2) is 0 Å². The molecule has 1 aliphatic carbocycles. The molecule has 1 fully saturated rings. The number of hydrogen-bond acceptors (Lipinski definition) is 2. The molecule has 0 radical (unpaired) electrons. The van der Waals surface area contributed by atoms with E-state index in [4.69, 9.17) is 0 Å². The standard InChI is InChI=1S/C17H27NO/c1-14-9-7-8-10-15(14)13-18(2)16-11-5-3-4-6-12-17(16)19/h7-10,16-17,19H,3-6,11-13H2,1-2H3. The van der Waals surface area contributed by atoms with E-state index in [0.717, 1.165) is 19.4 Å². The molecule has 0 saturated heterocycles. The summed E-state index contributed by atoms with van der Waals surface area (Å²) in [7, 11) is 2.15. The summed E-state index contributed by atoms with van der Waals surface area (Å²) in [6, 6.07) is 8.87. The van der Waals surface area contributed by atoms with Gasteiger partial charge in [-0.3, -0.25) is 4.90 Å². The molecule has 1 aromatic rings. The van der Waals surface area contributed by atoms with Gasteiger partial charge in [0.1, 0.15) is 0 Å². The zero-order chi connectivity index (χ0) is 13.7. The number of aryl methyl sites for hydroxylation is 1. The molecule has 0 bridgehead atoms. The number of benzene rings is 1. The Hall–Kier alpha value is -0.860. The Kier molecular flexibility index (Phi) is 5.41. The quantitative estimate of drug-likeness (QED) is 0.900. The molecule has 1 aromatic carbocycles. The Bertz CT molecular complexity index is 391. The maximum absolute atomic E-state index is 10.4. The van der Waals surface area contributed by atoms with Crippen LogP contribution in [0.15, 0.2) is 24.3 Å². The predicted octanol–water partition coefficient (Wildman–Crippen LogP) is 3.51. The van der Waals surface area contributed by atoms with Gasteiger partial charge in [-0.15, -0.1) is 0 Å². The Balaban J connectivity index is 2.00. The van der Waals surface area contributed by atoms with Crippen molar-refractivity contribution in [2.45, 2.75) is 64.1 Å². The van der Waals surface area contributed by atoms with Crippen LogP contribution in [0.1, 0.15) is 49.7 Å². The summed E-state index contributed by atoms with van der Waals surface area (Å²) in [6.07, 6.45) is 6.96. The topological polar surface area (TPSA) is 23.5 Å². The summed E-state index contributed by atoms with van der Waals surface area (Å²) in [5.41, 5.74) is 2.72. The first-order valence-electron chi connectivity index (χ1n) is 7.61. The van der Waals surface area contributed by atoms with Crippen LogP contribution < -0.4 is 0 Å². The van der Waals surface area contributed by atoms with Crippen LogP contribution in [-0.2, 0) is 6.54 Å². The fourth-order valence-electron chi connectivity index (χ4n) is 3.13. The molecule has 1 aliphatic rings. The van der Waals surface area contributed by atoms with Gasteiger partial charge >= 0.3 is 0 Å². The van der Waals surface area contributed by atoms with E-state index in [9.17, 15) is 5.11 Å². The monoisotopic (exact) mass is 261 g/mol. The Morgan fingerprint density at radius 2 is 1.79 bits per heavy atom. The van der Waals surface area contributed by atoms with Gasteiger partial charge in [0.2, 0.25) is 0 Å². The Morgan fingerprint density at radius 1 is 1.11 bits per heavy atom. The van der Waals surface area contributed by atoms with Crippen LogP contribution in [-0.4, -0.2) is 29.2 Å². The lowest BCUT2D eigenvalue weighted by Crippen LogP contribution is -2.41. The van der Waals surface area contributed by atoms with Crippen molar-refractivity contribution in [3.8, 4) is 0 Å². The second-order valence-electron chi connectivity index (χ2n) is 5.97. The first-order chi connectivity index (χ1) is 9.18. The molecule has 1 saturated carbocycles. The molecule has 0 aliphatic heterocycles. The van der Waals surface area contributed by atoms with E-state index in [1.807, 2.05) is 0 Å². The lowest BCUT2D eigenvalue weighted by molar-refractivity contribution is 0.0406. The molecule has 0 spiro atoms. The summed E-state index contributed by atoms with van der Waals surface area (Å²) in [6.45, 7) is 3.10. The van der Waals surface area contributed by atoms with Crippen LogP contribution in [0.3, 0.4) is 0 Å². The van der Waals surface area contributed by atoms with E-state index in [-0.39, 0.29) is 6.10 Å². The van der Waals surface area contributed by atoms with Crippen LogP contribution in [0.2, 0.25) is 0 Å². The van der Waals surface area contributed by atoms with Crippen LogP contribution >= 0.6 is 0 Å². The number of aliphatic hydroxyl groups is 1. The fourth-order valence-corrected chi connectivity index (χ4v) is 3.13. The van der Waals surface area contributed by atoms with Crippen molar-refractivity contribution in [2.75, 3.05) is 7.05 Å². The number of rotatable bonds is 3. The third kappa shape index (κ3) is 4.05. The smallest absolute Gasteiger partial charge is 0.0695 e. The van der Waals surface area contributed by atoms with Crippen molar-refractivity contribution in [2.24, 2.45) is 0 Å². The summed E-state index contributed by atoms with van der Waals surface area (Å²) in [5.74, 6) is 0. The molecule has 2 unspecified atom stereocenters. The normalized spacial score (nSPS) is 25.1. The van der Waals surface area contributed by atoms with Crippen molar-refractivity contribution >= 4 is 0 Å². The third-order valence-corrected chi connectivity index (χ3v) is 4.44. The Labute approximate surface area is 117 Å². The second-order valence-corrected chi connectivity index (χ2v) is 5.97. The highest BCUT2D eigenvalue weighted by atomic mass is 16.3. The first-order valence-corrected chi connectivity index (χ1v) is 7.61. The molecule has 106 valence electrons. The SMILES string of the molecule is Cc1ccccc1CN(C)C1CCCCCCC1O. The van der Waals surface area contributed by atoms with Gasteiger partial charge in [-0.05, 0) is 37.9 Å². The number of aliphatic hydroxyl groups excluding tert-OH is 1. The number of likely N-dealkylation sites (N-methyl/N-ethyl adjacent to an activating group) is 1. The lowest BCUT2D eigenvalue weighted by Gasteiger charge is -2.33. The lowest BCUT2D eigenvalue weighted by atomic mass is 9.93. The largest absolute Gasteiger partial charge is 0.391 e. The van der Waals surface area contributed by atoms with E-state index in [1.54, 1.807) is 0 Å². The highest BCUT2D eigenvalue weighted by Gasteiger charge is 2.24. The molecule has 0 heterocycles. The third-order valence-electron chi connectivity index (χ3n) is 4.44. The van der Waals surface area contributed by atoms with Crippen molar-refractivity contribution in [1.82, 2.24) is 4.90 Å². The number of nitrogens with zero attached hydrogens (tertiary/aromatic N) is 1. The molecule has 2 heteroatoms. The van der Waals surface area contributed by atoms with Crippen LogP contribution in [0.25, 0.3) is 0 Å². The average Bonchev–Trinajstić information content (AvgIpc) is 2.37. The van der Waals surface area contributed by atoms with Crippen LogP contribution in [0.4, 0.5) is 0 Å². The maximum atomic E-state index is 10.4. The minimum absolute atomic E-state index is 0.158. The van der Waals surface area contributed by atoms with Gasteiger partial charge in [-0.2, -0.15) is 0 Å². The molecule has 2 atom stereocenters. The molecule has 2 rings (SSSR count). The molecule has 19 heavy (non-hydrogen) atoms. The van der Waals surface area contributed by atoms with Crippen molar-refractivity contribution in [3.63, 3.8) is 0 Å². The molecule has 0 aromatic heterocycles. The van der Waals surface area contributed by atoms with Crippen molar-refractivity contribution in [1.29, 1.82) is 0 Å². The minimum atomic E-state index is -0.158. The fraction of sp³-hybridized carbons (Fsp3) is 0.647. The zero-order valence-electron chi connectivity index (χ0n) is 12.3. The summed E-state index contributed by atoms with van der Waals surface area (Å²) in [4.78, 5) is 2.35. The highest BCUT2D eigenvalue weighted by molar-refractivity contribution is 5.25. The summed E-state index contributed by atoms with van der Waals surface area (Å²) >= 11 is 0. The number of hydrogen-bond donors (Lipinski definition) is 1. The zero-order valence-corrected chi connectivity index (χ0v) is 12.3. The summed E-state index contributed by atoms with van der Waals surface area (Å²) < 4.78 is 0. The van der Waals surface area contributed by atoms with E-state index in [2.05, 4.69) is 43.1 Å². The van der Waals surface area contributed by atoms with Crippen LogP contribution in [0.5, 0.6) is 0 Å². The van der Waals surface area contributed by atoms with E-state index < -0.39 is 0 Å². The van der Waals surface area contributed by atoms with Gasteiger partial charge in [0.25, 0.3) is 0 Å². The van der Waals surface area contributed by atoms with Crippen molar-refractivity contribution < 1.29 is 5.11 Å². The van der Waals surface area contributed by atoms with E-state index in [0.29, 0.717) is 6.04 Å². The van der Waals surface area contributed by atoms with Crippen LogP contribution in [0, 0.1) is 6.92 Å². The molecule has 1 N–H and O–H groups in total. The molecule has 0 amide bonds. The van der Waals surface area contributed by atoms with Gasteiger partial charge in [0.05, 0.1) is 6.10 Å². The first kappa shape index (κ1) is 14.5. The molecular formula is C17H27NO. The van der Waals surface area contributed by atoms with E-state index in [1.165, 1.54) is 36.8 Å². The highest BCUT2D eigenvalue weighted by Crippen LogP contribution is 2.23. The van der Waals surface area contributed by atoms with Crippen molar-refractivity contribution in [3.05, 3.63) is 35.4 Å². The van der Waals surface area contributed by atoms with Gasteiger partial charge < -0.3 is 5.11 Å². The van der Waals surface area contributed by atoms with E-state index >= 15 is 0 Å². The summed E-state index contributed by atoms with van der Waals surface area (Å²) in [5, 5.41) is 10.4. The van der Waals surface area contributed by atoms with Gasteiger partial charge in [-0.1, -0.05) is 49.9 Å². The predicted molar refractivity (Wildman–Crippen MR) is 80.1 cm³/mol. The van der Waals surface area contributed by atoms with Gasteiger partial charge in [0, 0.05) is 12.6 Å². The van der Waals surface area contributed by atoms with Gasteiger partial charge in [0.15, 0.2) is 0 Å². The average molecular weight is 261 g/mol. The second kappa shape index (κ2) is 7.06. The Morgan fingerprint density at radius 3 is 2.53 bits per heavy atom. The maximum Gasteiger partial charge on any atom is 0.0695 e.